The number of hydrogen-bond donors (Lipinski definition) is 1. The summed E-state index contributed by atoms with van der Waals surface area (Å²) >= 11 is 0. The van der Waals surface area contributed by atoms with E-state index in [1.54, 1.807) is 0 Å². The van der Waals surface area contributed by atoms with Gasteiger partial charge in [0.2, 0.25) is 0 Å². The summed E-state index contributed by atoms with van der Waals surface area (Å²) in [6.45, 7) is 11.2. The van der Waals surface area contributed by atoms with Gasteiger partial charge in [-0.1, -0.05) is 13.8 Å². The molecule has 100 valence electrons. The van der Waals surface area contributed by atoms with E-state index in [1.165, 1.54) is 32.4 Å². The van der Waals surface area contributed by atoms with E-state index in [-0.39, 0.29) is 24.0 Å². The van der Waals surface area contributed by atoms with Crippen LogP contribution in [0.1, 0.15) is 40.0 Å². The molecule has 1 heterocycles. The Labute approximate surface area is 122 Å². The Balaban J connectivity index is 0.00000144. The molecule has 0 bridgehead atoms. The van der Waals surface area contributed by atoms with Crippen molar-refractivity contribution < 1.29 is 0 Å². The van der Waals surface area contributed by atoms with Crippen LogP contribution in [0.15, 0.2) is 4.99 Å². The fraction of sp³-hybridized carbons (Fsp3) is 0.923. The summed E-state index contributed by atoms with van der Waals surface area (Å²) in [6, 6.07) is 0. The molecule has 2 aliphatic rings. The normalized spacial score (nSPS) is 26.6. The standard InChI is InChI=1S/C13H25N3.HI/c1-4-14-12(16-7-5-6-8-16)15-10-11-9-13(11,2)3;/h11H,4-10H2,1-3H3,(H,14,15);1H. The first-order valence-electron chi connectivity index (χ1n) is 6.67. The Morgan fingerprint density at radius 2 is 1.94 bits per heavy atom. The molecule has 0 amide bonds. The lowest BCUT2D eigenvalue weighted by atomic mass is 10.1. The topological polar surface area (TPSA) is 27.6 Å². The Kier molecular flexibility index (Phi) is 5.54. The number of nitrogens with one attached hydrogen (secondary N) is 1. The average molecular weight is 351 g/mol. The van der Waals surface area contributed by atoms with Crippen LogP contribution in [0, 0.1) is 11.3 Å². The van der Waals surface area contributed by atoms with Gasteiger partial charge in [-0.2, -0.15) is 0 Å². The Morgan fingerprint density at radius 1 is 1.35 bits per heavy atom. The number of aliphatic imine (C=N–C) groups is 1. The molecule has 1 aliphatic heterocycles. The van der Waals surface area contributed by atoms with Crippen LogP contribution < -0.4 is 5.32 Å². The molecule has 3 nitrogen and oxygen atoms in total. The zero-order valence-corrected chi connectivity index (χ0v) is 13.7. The monoisotopic (exact) mass is 351 g/mol. The lowest BCUT2D eigenvalue weighted by Gasteiger charge is -2.20. The van der Waals surface area contributed by atoms with Gasteiger partial charge in [0.15, 0.2) is 5.96 Å². The second-order valence-corrected chi connectivity index (χ2v) is 5.78. The first-order chi connectivity index (χ1) is 7.63. The zero-order valence-electron chi connectivity index (χ0n) is 11.3. The van der Waals surface area contributed by atoms with Crippen LogP contribution in [0.25, 0.3) is 0 Å². The van der Waals surface area contributed by atoms with Gasteiger partial charge >= 0.3 is 0 Å². The van der Waals surface area contributed by atoms with E-state index < -0.39 is 0 Å². The first-order valence-corrected chi connectivity index (χ1v) is 6.67. The van der Waals surface area contributed by atoms with E-state index in [2.05, 4.69) is 31.0 Å². The summed E-state index contributed by atoms with van der Waals surface area (Å²) in [5, 5.41) is 3.41. The van der Waals surface area contributed by atoms with E-state index >= 15 is 0 Å². The van der Waals surface area contributed by atoms with Gasteiger partial charge in [0.05, 0.1) is 0 Å². The van der Waals surface area contributed by atoms with Crippen molar-refractivity contribution in [1.82, 2.24) is 10.2 Å². The summed E-state index contributed by atoms with van der Waals surface area (Å²) in [4.78, 5) is 7.19. The fourth-order valence-corrected chi connectivity index (χ4v) is 2.44. The van der Waals surface area contributed by atoms with Gasteiger partial charge in [0.25, 0.3) is 0 Å². The van der Waals surface area contributed by atoms with Crippen LogP contribution in [0.2, 0.25) is 0 Å². The van der Waals surface area contributed by atoms with Gasteiger partial charge in [-0.25, -0.2) is 0 Å². The molecule has 2 rings (SSSR count). The predicted octanol–water partition coefficient (Wildman–Crippen LogP) is 2.71. The second-order valence-electron chi connectivity index (χ2n) is 5.78. The molecule has 1 aliphatic carbocycles. The van der Waals surface area contributed by atoms with Gasteiger partial charge in [0.1, 0.15) is 0 Å². The number of nitrogens with zero attached hydrogens (tertiary/aromatic N) is 2. The quantitative estimate of drug-likeness (QED) is 0.481. The number of rotatable bonds is 3. The van der Waals surface area contributed by atoms with E-state index in [9.17, 15) is 0 Å². The molecule has 1 saturated carbocycles. The van der Waals surface area contributed by atoms with Crippen molar-refractivity contribution in [2.75, 3.05) is 26.2 Å². The molecule has 1 unspecified atom stereocenters. The Hall–Kier alpha value is 0. The summed E-state index contributed by atoms with van der Waals surface area (Å²) in [6.07, 6.45) is 3.98. The van der Waals surface area contributed by atoms with Crippen molar-refractivity contribution in [3.63, 3.8) is 0 Å². The number of hydrogen-bond acceptors (Lipinski definition) is 1. The Bertz CT molecular complexity index is 270. The molecule has 0 spiro atoms. The van der Waals surface area contributed by atoms with Crippen LogP contribution in [0.3, 0.4) is 0 Å². The molecule has 17 heavy (non-hydrogen) atoms. The maximum atomic E-state index is 4.78. The largest absolute Gasteiger partial charge is 0.357 e. The smallest absolute Gasteiger partial charge is 0.193 e. The maximum absolute atomic E-state index is 4.78. The summed E-state index contributed by atoms with van der Waals surface area (Å²) in [7, 11) is 0. The average Bonchev–Trinajstić information content (AvgIpc) is 2.71. The van der Waals surface area contributed by atoms with Gasteiger partial charge in [0, 0.05) is 26.2 Å². The number of halogens is 1. The highest BCUT2D eigenvalue weighted by Crippen LogP contribution is 2.51. The summed E-state index contributed by atoms with van der Waals surface area (Å²) in [5.41, 5.74) is 0.547. The molecular weight excluding hydrogens is 325 g/mol. The highest BCUT2D eigenvalue weighted by molar-refractivity contribution is 14.0. The summed E-state index contributed by atoms with van der Waals surface area (Å²) in [5.74, 6) is 1.95. The minimum Gasteiger partial charge on any atom is -0.357 e. The van der Waals surface area contributed by atoms with E-state index in [0.717, 1.165) is 25.0 Å². The molecular formula is C13H26IN3. The third-order valence-corrected chi connectivity index (χ3v) is 3.92. The fourth-order valence-electron chi connectivity index (χ4n) is 2.44. The molecule has 0 aromatic heterocycles. The minimum atomic E-state index is 0. The molecule has 1 saturated heterocycles. The highest BCUT2D eigenvalue weighted by Gasteiger charge is 2.45. The lowest BCUT2D eigenvalue weighted by molar-refractivity contribution is 0.489. The second kappa shape index (κ2) is 6.25. The molecule has 1 N–H and O–H groups in total. The maximum Gasteiger partial charge on any atom is 0.193 e. The molecule has 1 atom stereocenters. The molecule has 0 aromatic carbocycles. The molecule has 4 heteroatoms. The van der Waals surface area contributed by atoms with Crippen LogP contribution in [0.4, 0.5) is 0 Å². The van der Waals surface area contributed by atoms with Crippen LogP contribution >= 0.6 is 24.0 Å². The van der Waals surface area contributed by atoms with Crippen LogP contribution in [0.5, 0.6) is 0 Å². The van der Waals surface area contributed by atoms with Crippen molar-refractivity contribution in [2.24, 2.45) is 16.3 Å². The van der Waals surface area contributed by atoms with Crippen LogP contribution in [-0.4, -0.2) is 37.0 Å². The minimum absolute atomic E-state index is 0. The van der Waals surface area contributed by atoms with Crippen molar-refractivity contribution in [3.8, 4) is 0 Å². The molecule has 2 fully saturated rings. The van der Waals surface area contributed by atoms with E-state index in [4.69, 9.17) is 4.99 Å². The van der Waals surface area contributed by atoms with E-state index in [1.807, 2.05) is 0 Å². The van der Waals surface area contributed by atoms with Gasteiger partial charge in [-0.05, 0) is 37.5 Å². The SMILES string of the molecule is CCNC(=NCC1CC1(C)C)N1CCCC1.I. The third-order valence-electron chi connectivity index (χ3n) is 3.92. The highest BCUT2D eigenvalue weighted by atomic mass is 127. The van der Waals surface area contributed by atoms with E-state index in [0.29, 0.717) is 5.41 Å². The number of likely N-dealkylation sites (tertiary alicyclic amines) is 1. The zero-order chi connectivity index (χ0) is 11.6. The van der Waals surface area contributed by atoms with Gasteiger partial charge in [-0.15, -0.1) is 24.0 Å². The molecule has 0 radical (unpaired) electrons. The van der Waals surface area contributed by atoms with Crippen molar-refractivity contribution in [1.29, 1.82) is 0 Å². The third kappa shape index (κ3) is 4.00. The van der Waals surface area contributed by atoms with Gasteiger partial charge in [-0.3, -0.25) is 4.99 Å². The predicted molar refractivity (Wildman–Crippen MR) is 84.1 cm³/mol. The number of guanidine groups is 1. The summed E-state index contributed by atoms with van der Waals surface area (Å²) < 4.78 is 0. The lowest BCUT2D eigenvalue weighted by Crippen LogP contribution is -2.39. The van der Waals surface area contributed by atoms with Crippen molar-refractivity contribution >= 4 is 29.9 Å². The molecule has 0 aromatic rings. The first kappa shape index (κ1) is 15.1. The van der Waals surface area contributed by atoms with Gasteiger partial charge < -0.3 is 10.2 Å². The Morgan fingerprint density at radius 3 is 2.41 bits per heavy atom. The van der Waals surface area contributed by atoms with Crippen LogP contribution in [-0.2, 0) is 0 Å². The van der Waals surface area contributed by atoms with Crippen molar-refractivity contribution in [2.45, 2.75) is 40.0 Å². The van der Waals surface area contributed by atoms with Crippen molar-refractivity contribution in [3.05, 3.63) is 0 Å².